The Balaban J connectivity index is 1.89. The third-order valence-electron chi connectivity index (χ3n) is 4.34. The van der Waals surface area contributed by atoms with Crippen LogP contribution in [0.4, 0.5) is 18.9 Å². The number of hydrogen-bond acceptors (Lipinski definition) is 7. The summed E-state index contributed by atoms with van der Waals surface area (Å²) >= 11 is 0.637. The molecule has 4 aromatic heterocycles. The average molecular weight is 465 g/mol. The molecule has 4 rings (SSSR count). The Bertz CT molecular complexity index is 1310. The maximum absolute atomic E-state index is 13.4. The third kappa shape index (κ3) is 3.94. The normalized spacial score (nSPS) is 11.8. The summed E-state index contributed by atoms with van der Waals surface area (Å²) in [6.07, 6.45) is -1.95. The molecule has 0 aliphatic heterocycles. The second-order valence-electron chi connectivity index (χ2n) is 6.49. The maximum atomic E-state index is 13.4. The molecule has 4 aromatic rings. The lowest BCUT2D eigenvalue weighted by atomic mass is 10.1. The SMILES string of the molecule is COCn1ccc(C(=O)Nc2c(C(N)=O)sc3nc(C(F)(F)F)cc(-c4ccco4)c23)n1. The molecule has 0 saturated heterocycles. The van der Waals surface area contributed by atoms with E-state index in [4.69, 9.17) is 14.9 Å². The van der Waals surface area contributed by atoms with Gasteiger partial charge in [-0.25, -0.2) is 9.67 Å². The molecule has 2 amide bonds. The minimum atomic E-state index is -4.75. The predicted octanol–water partition coefficient (Wildman–Crippen LogP) is 3.73. The van der Waals surface area contributed by atoms with Crippen LogP contribution >= 0.6 is 11.3 Å². The number of nitrogens with two attached hydrogens (primary N) is 1. The van der Waals surface area contributed by atoms with Crippen LogP contribution in [0.25, 0.3) is 21.5 Å². The van der Waals surface area contributed by atoms with E-state index in [2.05, 4.69) is 15.4 Å². The van der Waals surface area contributed by atoms with Gasteiger partial charge >= 0.3 is 6.18 Å². The van der Waals surface area contributed by atoms with Gasteiger partial charge in [-0.2, -0.15) is 18.3 Å². The minimum Gasteiger partial charge on any atom is -0.464 e. The molecule has 0 aliphatic rings. The first kappa shape index (κ1) is 21.5. The molecule has 13 heteroatoms. The van der Waals surface area contributed by atoms with Crippen molar-refractivity contribution in [1.82, 2.24) is 14.8 Å². The van der Waals surface area contributed by atoms with Gasteiger partial charge in [0.05, 0.1) is 12.0 Å². The fraction of sp³-hybridized carbons (Fsp3) is 0.158. The molecule has 0 spiro atoms. The fourth-order valence-electron chi connectivity index (χ4n) is 3.03. The Kier molecular flexibility index (Phi) is 5.44. The Labute approximate surface area is 181 Å². The molecule has 0 aliphatic carbocycles. The molecule has 32 heavy (non-hydrogen) atoms. The minimum absolute atomic E-state index is 0.00344. The number of aromatic nitrogens is 3. The van der Waals surface area contributed by atoms with Crippen LogP contribution in [0.1, 0.15) is 25.9 Å². The van der Waals surface area contributed by atoms with Crippen molar-refractivity contribution in [2.45, 2.75) is 12.9 Å². The number of thiophene rings is 1. The molecule has 0 fully saturated rings. The summed E-state index contributed by atoms with van der Waals surface area (Å²) in [4.78, 5) is 28.2. The first-order chi connectivity index (χ1) is 15.2. The van der Waals surface area contributed by atoms with E-state index in [9.17, 15) is 22.8 Å². The molecule has 166 valence electrons. The van der Waals surface area contributed by atoms with Gasteiger partial charge in [0, 0.05) is 24.3 Å². The number of amides is 2. The highest BCUT2D eigenvalue weighted by atomic mass is 32.1. The van der Waals surface area contributed by atoms with Crippen molar-refractivity contribution in [3.05, 3.63) is 53.0 Å². The number of hydrogen-bond donors (Lipinski definition) is 2. The van der Waals surface area contributed by atoms with Gasteiger partial charge in [-0.15, -0.1) is 11.3 Å². The summed E-state index contributed by atoms with van der Waals surface area (Å²) in [7, 11) is 1.45. The van der Waals surface area contributed by atoms with Gasteiger partial charge in [0.25, 0.3) is 11.8 Å². The highest BCUT2D eigenvalue weighted by Gasteiger charge is 2.35. The number of pyridine rings is 1. The zero-order chi connectivity index (χ0) is 23.0. The number of alkyl halides is 3. The van der Waals surface area contributed by atoms with Crippen molar-refractivity contribution in [3.8, 4) is 11.3 Å². The Morgan fingerprint density at radius 1 is 1.34 bits per heavy atom. The molecular weight excluding hydrogens is 451 g/mol. The first-order valence-corrected chi connectivity index (χ1v) is 9.73. The van der Waals surface area contributed by atoms with Crippen molar-refractivity contribution in [3.63, 3.8) is 0 Å². The van der Waals surface area contributed by atoms with Crippen LogP contribution < -0.4 is 11.1 Å². The predicted molar refractivity (Wildman–Crippen MR) is 108 cm³/mol. The van der Waals surface area contributed by atoms with Gasteiger partial charge in [0.15, 0.2) is 5.69 Å². The van der Waals surface area contributed by atoms with E-state index >= 15 is 0 Å². The maximum Gasteiger partial charge on any atom is 0.433 e. The van der Waals surface area contributed by atoms with Gasteiger partial charge < -0.3 is 20.2 Å². The number of ether oxygens (including phenoxy) is 1. The molecule has 0 atom stereocenters. The molecule has 0 saturated carbocycles. The lowest BCUT2D eigenvalue weighted by Crippen LogP contribution is -2.17. The van der Waals surface area contributed by atoms with E-state index in [0.717, 1.165) is 6.07 Å². The second kappa shape index (κ2) is 8.09. The second-order valence-corrected chi connectivity index (χ2v) is 7.49. The van der Waals surface area contributed by atoms with Crippen molar-refractivity contribution in [1.29, 1.82) is 0 Å². The number of fused-ring (bicyclic) bond motifs is 1. The van der Waals surface area contributed by atoms with E-state index in [1.165, 1.54) is 42.5 Å². The molecule has 0 radical (unpaired) electrons. The number of carbonyl (C=O) groups excluding carboxylic acids is 2. The van der Waals surface area contributed by atoms with Crippen molar-refractivity contribution in [2.24, 2.45) is 5.73 Å². The van der Waals surface area contributed by atoms with E-state index in [1.807, 2.05) is 0 Å². The van der Waals surface area contributed by atoms with E-state index < -0.39 is 23.7 Å². The number of primary amides is 1. The number of carbonyl (C=O) groups is 2. The summed E-state index contributed by atoms with van der Waals surface area (Å²) in [6, 6.07) is 5.16. The van der Waals surface area contributed by atoms with E-state index in [1.54, 1.807) is 0 Å². The van der Waals surface area contributed by atoms with Crippen LogP contribution in [0.15, 0.2) is 41.1 Å². The Morgan fingerprint density at radius 2 is 2.12 bits per heavy atom. The van der Waals surface area contributed by atoms with Crippen LogP contribution in [0.2, 0.25) is 0 Å². The topological polar surface area (TPSA) is 125 Å². The summed E-state index contributed by atoms with van der Waals surface area (Å²) in [5.74, 6) is -1.55. The summed E-state index contributed by atoms with van der Waals surface area (Å²) in [6.45, 7) is 0.105. The van der Waals surface area contributed by atoms with Crippen molar-refractivity contribution < 1.29 is 31.9 Å². The Hall–Kier alpha value is -3.71. The largest absolute Gasteiger partial charge is 0.464 e. The number of methoxy groups -OCH3 is 1. The number of furan rings is 1. The van der Waals surface area contributed by atoms with Crippen LogP contribution in [0.3, 0.4) is 0 Å². The van der Waals surface area contributed by atoms with Gasteiger partial charge in [-0.1, -0.05) is 0 Å². The number of anilines is 1. The van der Waals surface area contributed by atoms with Crippen LogP contribution in [0.5, 0.6) is 0 Å². The van der Waals surface area contributed by atoms with Crippen molar-refractivity contribution in [2.75, 3.05) is 12.4 Å². The molecule has 9 nitrogen and oxygen atoms in total. The molecule has 0 unspecified atom stereocenters. The zero-order valence-corrected chi connectivity index (χ0v) is 17.1. The smallest absolute Gasteiger partial charge is 0.433 e. The molecule has 0 bridgehead atoms. The number of nitrogens with one attached hydrogen (secondary N) is 1. The standard InChI is InChI=1S/C19H14F3N5O4S/c1-30-8-27-5-4-10(26-27)17(29)25-14-13-9(11-3-2-6-31-11)7-12(19(20,21)22)24-18(13)32-15(14)16(23)28/h2-7H,8H2,1H3,(H2,23,28)(H,25,29). The molecular formula is C19H14F3N5O4S. The van der Waals surface area contributed by atoms with Gasteiger partial charge in [0.2, 0.25) is 0 Å². The first-order valence-electron chi connectivity index (χ1n) is 8.91. The molecule has 4 heterocycles. The van der Waals surface area contributed by atoms with Gasteiger partial charge in [-0.05, 0) is 24.3 Å². The highest BCUT2D eigenvalue weighted by molar-refractivity contribution is 7.21. The van der Waals surface area contributed by atoms with E-state index in [-0.39, 0.29) is 44.5 Å². The highest BCUT2D eigenvalue weighted by Crippen LogP contribution is 2.43. The zero-order valence-electron chi connectivity index (χ0n) is 16.3. The lowest BCUT2D eigenvalue weighted by molar-refractivity contribution is -0.140. The van der Waals surface area contributed by atoms with Crippen LogP contribution in [-0.2, 0) is 17.6 Å². The van der Waals surface area contributed by atoms with Gasteiger partial charge in [-0.3, -0.25) is 9.59 Å². The quantitative estimate of drug-likeness (QED) is 0.447. The van der Waals surface area contributed by atoms with E-state index in [0.29, 0.717) is 11.3 Å². The monoisotopic (exact) mass is 465 g/mol. The molecule has 3 N–H and O–H groups in total. The lowest BCUT2D eigenvalue weighted by Gasteiger charge is -2.10. The van der Waals surface area contributed by atoms with Crippen molar-refractivity contribution >= 4 is 39.1 Å². The number of rotatable bonds is 6. The van der Waals surface area contributed by atoms with Crippen LogP contribution in [0, 0.1) is 0 Å². The number of halogens is 3. The Morgan fingerprint density at radius 3 is 2.75 bits per heavy atom. The third-order valence-corrected chi connectivity index (χ3v) is 5.43. The average Bonchev–Trinajstić information content (AvgIpc) is 3.47. The van der Waals surface area contributed by atoms with Gasteiger partial charge in [0.1, 0.15) is 27.9 Å². The molecule has 0 aromatic carbocycles. The summed E-state index contributed by atoms with van der Waals surface area (Å²) in [5.41, 5.74) is 4.18. The summed E-state index contributed by atoms with van der Waals surface area (Å²) in [5, 5.41) is 6.67. The van der Waals surface area contributed by atoms with Crippen LogP contribution in [-0.4, -0.2) is 33.7 Å². The summed E-state index contributed by atoms with van der Waals surface area (Å²) < 4.78 is 51.9. The number of nitrogens with zero attached hydrogens (tertiary/aromatic N) is 3. The fourth-order valence-corrected chi connectivity index (χ4v) is 4.03.